The van der Waals surface area contributed by atoms with Crippen LogP contribution in [0, 0.1) is 0 Å². The Morgan fingerprint density at radius 2 is 1.82 bits per heavy atom. The highest BCUT2D eigenvalue weighted by molar-refractivity contribution is 5.73. The maximum atomic E-state index is 10.7. The average Bonchev–Trinajstić information content (AvgIpc) is 2.27. The van der Waals surface area contributed by atoms with E-state index in [9.17, 15) is 4.79 Å². The minimum Gasteiger partial charge on any atom is -0.496 e. The van der Waals surface area contributed by atoms with Gasteiger partial charge in [-0.2, -0.15) is 0 Å². The van der Waals surface area contributed by atoms with Crippen molar-refractivity contribution in [2.24, 2.45) is 0 Å². The normalized spacial score (nSPS) is 9.88. The number of carbonyl (C=O) groups is 1. The molecular formula is C12H17NO4. The molecule has 1 N–H and O–H groups in total. The number of aliphatic carboxylic acids is 1. The lowest BCUT2D eigenvalue weighted by atomic mass is 10.1. The molecule has 0 saturated carbocycles. The zero-order valence-electron chi connectivity index (χ0n) is 10.5. The Morgan fingerprint density at radius 1 is 1.24 bits per heavy atom. The topological polar surface area (TPSA) is 59.0 Å². The second-order valence-electron chi connectivity index (χ2n) is 3.80. The van der Waals surface area contributed by atoms with Crippen LogP contribution in [0.2, 0.25) is 0 Å². The van der Waals surface area contributed by atoms with Crippen LogP contribution in [0.4, 0.5) is 5.69 Å². The van der Waals surface area contributed by atoms with Gasteiger partial charge in [0.25, 0.3) is 0 Å². The van der Waals surface area contributed by atoms with E-state index in [1.54, 1.807) is 19.2 Å². The van der Waals surface area contributed by atoms with Gasteiger partial charge in [-0.05, 0) is 6.07 Å². The Bertz CT molecular complexity index is 415. The zero-order chi connectivity index (χ0) is 13.0. The van der Waals surface area contributed by atoms with Crippen molar-refractivity contribution in [1.82, 2.24) is 0 Å². The van der Waals surface area contributed by atoms with Crippen molar-refractivity contribution in [3.63, 3.8) is 0 Å². The first-order chi connectivity index (χ1) is 7.99. The van der Waals surface area contributed by atoms with Gasteiger partial charge in [0.05, 0.1) is 26.3 Å². The Kier molecular flexibility index (Phi) is 4.20. The van der Waals surface area contributed by atoms with Gasteiger partial charge < -0.3 is 19.5 Å². The quantitative estimate of drug-likeness (QED) is 0.841. The van der Waals surface area contributed by atoms with Crippen LogP contribution in [0.25, 0.3) is 0 Å². The SMILES string of the molecule is COc1cc(N(C)C)c(OC)cc1CC(=O)O. The largest absolute Gasteiger partial charge is 0.496 e. The van der Waals surface area contributed by atoms with Crippen molar-refractivity contribution in [2.45, 2.75) is 6.42 Å². The minimum absolute atomic E-state index is 0.0900. The van der Waals surface area contributed by atoms with Gasteiger partial charge in [0.15, 0.2) is 0 Å². The smallest absolute Gasteiger partial charge is 0.307 e. The highest BCUT2D eigenvalue weighted by Crippen LogP contribution is 2.34. The lowest BCUT2D eigenvalue weighted by Gasteiger charge is -2.19. The molecule has 0 amide bonds. The van der Waals surface area contributed by atoms with Crippen molar-refractivity contribution in [2.75, 3.05) is 33.2 Å². The van der Waals surface area contributed by atoms with Gasteiger partial charge in [0, 0.05) is 25.7 Å². The molecule has 1 rings (SSSR count). The number of hydrogen-bond acceptors (Lipinski definition) is 4. The Labute approximate surface area is 101 Å². The summed E-state index contributed by atoms with van der Waals surface area (Å²) in [4.78, 5) is 12.6. The van der Waals surface area contributed by atoms with Crippen LogP contribution < -0.4 is 14.4 Å². The second-order valence-corrected chi connectivity index (χ2v) is 3.80. The van der Waals surface area contributed by atoms with Crippen molar-refractivity contribution in [3.05, 3.63) is 17.7 Å². The van der Waals surface area contributed by atoms with Crippen LogP contribution in [-0.4, -0.2) is 39.4 Å². The zero-order valence-corrected chi connectivity index (χ0v) is 10.5. The number of carboxylic acids is 1. The third-order valence-corrected chi connectivity index (χ3v) is 2.41. The molecule has 1 aromatic carbocycles. The molecule has 0 fully saturated rings. The molecule has 0 unspecified atom stereocenters. The molecule has 0 aliphatic heterocycles. The molecule has 0 aromatic heterocycles. The Balaban J connectivity index is 3.27. The maximum absolute atomic E-state index is 10.7. The third-order valence-electron chi connectivity index (χ3n) is 2.41. The van der Waals surface area contributed by atoms with Crippen LogP contribution in [0.1, 0.15) is 5.56 Å². The Morgan fingerprint density at radius 3 is 2.24 bits per heavy atom. The molecule has 0 aliphatic rings. The molecular weight excluding hydrogens is 222 g/mol. The van der Waals surface area contributed by atoms with Crippen molar-refractivity contribution < 1.29 is 19.4 Å². The average molecular weight is 239 g/mol. The van der Waals surface area contributed by atoms with Gasteiger partial charge in [0.2, 0.25) is 0 Å². The first-order valence-electron chi connectivity index (χ1n) is 5.13. The number of nitrogens with zero attached hydrogens (tertiary/aromatic N) is 1. The number of methoxy groups -OCH3 is 2. The van der Waals surface area contributed by atoms with E-state index >= 15 is 0 Å². The van der Waals surface area contributed by atoms with Gasteiger partial charge in [-0.15, -0.1) is 0 Å². The van der Waals surface area contributed by atoms with E-state index in [0.29, 0.717) is 17.1 Å². The number of ether oxygens (including phenoxy) is 2. The highest BCUT2D eigenvalue weighted by Gasteiger charge is 2.14. The number of hydrogen-bond donors (Lipinski definition) is 1. The van der Waals surface area contributed by atoms with Crippen molar-refractivity contribution in [1.29, 1.82) is 0 Å². The second kappa shape index (κ2) is 5.43. The predicted octanol–water partition coefficient (Wildman–Crippen LogP) is 1.40. The van der Waals surface area contributed by atoms with Gasteiger partial charge in [-0.25, -0.2) is 0 Å². The van der Waals surface area contributed by atoms with E-state index in [2.05, 4.69) is 0 Å². The molecule has 17 heavy (non-hydrogen) atoms. The fraction of sp³-hybridized carbons (Fsp3) is 0.417. The van der Waals surface area contributed by atoms with E-state index < -0.39 is 5.97 Å². The van der Waals surface area contributed by atoms with Gasteiger partial charge >= 0.3 is 5.97 Å². The van der Waals surface area contributed by atoms with Crippen LogP contribution in [0.15, 0.2) is 12.1 Å². The lowest BCUT2D eigenvalue weighted by molar-refractivity contribution is -0.136. The number of carboxylic acid groups (broad SMARTS) is 1. The molecule has 0 bridgehead atoms. The molecule has 0 radical (unpaired) electrons. The van der Waals surface area contributed by atoms with E-state index in [0.717, 1.165) is 5.69 Å². The van der Waals surface area contributed by atoms with Gasteiger partial charge in [0.1, 0.15) is 11.5 Å². The molecule has 1 aromatic rings. The molecule has 0 heterocycles. The summed E-state index contributed by atoms with van der Waals surface area (Å²) >= 11 is 0. The number of rotatable bonds is 5. The lowest BCUT2D eigenvalue weighted by Crippen LogP contribution is -2.11. The minimum atomic E-state index is -0.900. The van der Waals surface area contributed by atoms with Crippen LogP contribution in [0.5, 0.6) is 11.5 Å². The summed E-state index contributed by atoms with van der Waals surface area (Å²) in [6, 6.07) is 3.47. The summed E-state index contributed by atoms with van der Waals surface area (Å²) in [5.41, 5.74) is 1.45. The first kappa shape index (κ1) is 13.2. The molecule has 0 saturated heterocycles. The third kappa shape index (κ3) is 3.03. The first-order valence-corrected chi connectivity index (χ1v) is 5.13. The predicted molar refractivity (Wildman–Crippen MR) is 65.2 cm³/mol. The molecule has 94 valence electrons. The number of anilines is 1. The molecule has 0 aliphatic carbocycles. The van der Waals surface area contributed by atoms with E-state index in [1.807, 2.05) is 19.0 Å². The van der Waals surface area contributed by atoms with Gasteiger partial charge in [-0.3, -0.25) is 4.79 Å². The van der Waals surface area contributed by atoms with E-state index in [4.69, 9.17) is 14.6 Å². The standard InChI is InChI=1S/C12H17NO4/c1-13(2)9-7-10(16-3)8(6-12(14)15)5-11(9)17-4/h5,7H,6H2,1-4H3,(H,14,15). The fourth-order valence-corrected chi connectivity index (χ4v) is 1.60. The molecule has 0 atom stereocenters. The highest BCUT2D eigenvalue weighted by atomic mass is 16.5. The van der Waals surface area contributed by atoms with Gasteiger partial charge in [-0.1, -0.05) is 0 Å². The summed E-state index contributed by atoms with van der Waals surface area (Å²) < 4.78 is 10.4. The van der Waals surface area contributed by atoms with E-state index in [-0.39, 0.29) is 6.42 Å². The maximum Gasteiger partial charge on any atom is 0.307 e. The monoisotopic (exact) mass is 239 g/mol. The Hall–Kier alpha value is -1.91. The summed E-state index contributed by atoms with van der Waals surface area (Å²) in [5, 5.41) is 8.82. The van der Waals surface area contributed by atoms with Crippen LogP contribution in [-0.2, 0) is 11.2 Å². The van der Waals surface area contributed by atoms with E-state index in [1.165, 1.54) is 7.11 Å². The summed E-state index contributed by atoms with van der Waals surface area (Å²) in [6.07, 6.45) is -0.0900. The molecule has 5 nitrogen and oxygen atoms in total. The fourth-order valence-electron chi connectivity index (χ4n) is 1.60. The summed E-state index contributed by atoms with van der Waals surface area (Å²) in [7, 11) is 6.84. The van der Waals surface area contributed by atoms with Crippen LogP contribution >= 0.6 is 0 Å². The van der Waals surface area contributed by atoms with Crippen LogP contribution in [0.3, 0.4) is 0 Å². The molecule has 5 heteroatoms. The summed E-state index contributed by atoms with van der Waals surface area (Å²) in [6.45, 7) is 0. The number of benzene rings is 1. The van der Waals surface area contributed by atoms with Crippen molar-refractivity contribution in [3.8, 4) is 11.5 Å². The summed E-state index contributed by atoms with van der Waals surface area (Å²) in [5.74, 6) is 0.284. The van der Waals surface area contributed by atoms with Crippen molar-refractivity contribution >= 4 is 11.7 Å². The molecule has 0 spiro atoms.